The molecule has 2 aliphatic heterocycles. The van der Waals surface area contributed by atoms with E-state index in [0.29, 0.717) is 42.7 Å². The molecule has 0 spiro atoms. The molecule has 3 aromatic rings. The second-order valence-electron chi connectivity index (χ2n) is 8.62. The van der Waals surface area contributed by atoms with E-state index in [1.165, 1.54) is 0 Å². The number of hydrogen-bond acceptors (Lipinski definition) is 7. The van der Waals surface area contributed by atoms with Crippen molar-refractivity contribution in [1.29, 1.82) is 0 Å². The van der Waals surface area contributed by atoms with Gasteiger partial charge in [0.15, 0.2) is 0 Å². The highest BCUT2D eigenvalue weighted by atomic mass is 35.5. The van der Waals surface area contributed by atoms with Crippen molar-refractivity contribution in [3.8, 4) is 0 Å². The lowest BCUT2D eigenvalue weighted by Gasteiger charge is -2.39. The molecule has 0 saturated carbocycles. The molecule has 2 fully saturated rings. The van der Waals surface area contributed by atoms with E-state index in [4.69, 9.17) is 16.3 Å². The average molecular weight is 461 g/mol. The van der Waals surface area contributed by atoms with Crippen LogP contribution in [0.25, 0.3) is 10.9 Å². The maximum absolute atomic E-state index is 15.3. The lowest BCUT2D eigenvalue weighted by Crippen LogP contribution is -2.50. The maximum atomic E-state index is 15.3. The zero-order valence-corrected chi connectivity index (χ0v) is 18.8. The van der Waals surface area contributed by atoms with Gasteiger partial charge in [0, 0.05) is 42.2 Å². The van der Waals surface area contributed by atoms with Crippen LogP contribution in [0.3, 0.4) is 0 Å². The van der Waals surface area contributed by atoms with Crippen LogP contribution in [0, 0.1) is 6.92 Å². The van der Waals surface area contributed by atoms with E-state index in [-0.39, 0.29) is 18.5 Å². The number of rotatable bonds is 4. The number of nitrogens with one attached hydrogen (secondary N) is 1. The van der Waals surface area contributed by atoms with Gasteiger partial charge in [-0.25, -0.2) is 14.4 Å². The Labute approximate surface area is 190 Å². The lowest BCUT2D eigenvalue weighted by atomic mass is 9.86. The smallest absolute Gasteiger partial charge is 0.228 e. The molecule has 170 valence electrons. The molecule has 0 radical (unpaired) electrons. The summed E-state index contributed by atoms with van der Waals surface area (Å²) in [7, 11) is 1.85. The van der Waals surface area contributed by atoms with Gasteiger partial charge in [0.05, 0.1) is 36.6 Å². The predicted molar refractivity (Wildman–Crippen MR) is 120 cm³/mol. The molecule has 4 atom stereocenters. The standard InChI is InChI=1S/C22H26ClFN6O2/c1-12-5-21(29(2)28-12)27-22-25-8-13-6-16(23)15(7-18(13)26-22)14-3-4-30(9-17(14)24)19-10-32-11-20(19)31/h5-8,14,17,19-20,31H,3-4,9-11H2,1-2H3,(H,25,26,27). The predicted octanol–water partition coefficient (Wildman–Crippen LogP) is 2.96. The minimum atomic E-state index is -1.09. The van der Waals surface area contributed by atoms with Crippen LogP contribution in [-0.2, 0) is 11.8 Å². The summed E-state index contributed by atoms with van der Waals surface area (Å²) in [6.45, 7) is 3.60. The van der Waals surface area contributed by atoms with Crippen molar-refractivity contribution in [2.24, 2.45) is 7.05 Å². The maximum Gasteiger partial charge on any atom is 0.228 e. The van der Waals surface area contributed by atoms with E-state index in [2.05, 4.69) is 20.4 Å². The Morgan fingerprint density at radius 2 is 2.12 bits per heavy atom. The number of likely N-dealkylation sites (tertiary alicyclic amines) is 1. The fourth-order valence-electron chi connectivity index (χ4n) is 4.71. The van der Waals surface area contributed by atoms with Crippen LogP contribution in [0.15, 0.2) is 24.4 Å². The van der Waals surface area contributed by atoms with Crippen LogP contribution in [0.2, 0.25) is 5.02 Å². The van der Waals surface area contributed by atoms with Crippen LogP contribution in [0.5, 0.6) is 0 Å². The first-order valence-corrected chi connectivity index (χ1v) is 11.1. The van der Waals surface area contributed by atoms with E-state index in [0.717, 1.165) is 22.5 Å². The van der Waals surface area contributed by atoms with E-state index in [1.807, 2.05) is 31.0 Å². The van der Waals surface area contributed by atoms with Gasteiger partial charge in [-0.2, -0.15) is 5.10 Å². The molecular formula is C22H26ClFN6O2. The van der Waals surface area contributed by atoms with Crippen LogP contribution in [0.4, 0.5) is 16.2 Å². The number of anilines is 2. The SMILES string of the molecule is Cc1cc(Nc2ncc3cc(Cl)c(C4CCN(C5COCC5O)CC4F)cc3n2)n(C)n1. The summed E-state index contributed by atoms with van der Waals surface area (Å²) in [6, 6.07) is 5.45. The fourth-order valence-corrected chi connectivity index (χ4v) is 5.03. The number of piperidine rings is 1. The first kappa shape index (κ1) is 21.5. The number of alkyl halides is 1. The summed E-state index contributed by atoms with van der Waals surface area (Å²) in [5, 5.41) is 18.9. The van der Waals surface area contributed by atoms with Crippen LogP contribution < -0.4 is 5.32 Å². The molecule has 4 heterocycles. The minimum absolute atomic E-state index is 0.140. The summed E-state index contributed by atoms with van der Waals surface area (Å²) < 4.78 is 22.3. The van der Waals surface area contributed by atoms with Gasteiger partial charge in [-0.15, -0.1) is 0 Å². The largest absolute Gasteiger partial charge is 0.389 e. The zero-order valence-electron chi connectivity index (χ0n) is 18.0. The van der Waals surface area contributed by atoms with Crippen molar-refractivity contribution in [2.75, 3.05) is 31.6 Å². The van der Waals surface area contributed by atoms with Crippen molar-refractivity contribution in [3.05, 3.63) is 40.7 Å². The molecule has 0 amide bonds. The molecule has 2 aromatic heterocycles. The first-order valence-electron chi connectivity index (χ1n) is 10.8. The van der Waals surface area contributed by atoms with Crippen molar-refractivity contribution in [3.63, 3.8) is 0 Å². The number of ether oxygens (including phenoxy) is 1. The van der Waals surface area contributed by atoms with Gasteiger partial charge in [-0.05, 0) is 37.6 Å². The fraction of sp³-hybridized carbons (Fsp3) is 0.500. The van der Waals surface area contributed by atoms with Gasteiger partial charge < -0.3 is 15.2 Å². The molecular weight excluding hydrogens is 435 g/mol. The zero-order chi connectivity index (χ0) is 22.4. The third-order valence-electron chi connectivity index (χ3n) is 6.40. The third-order valence-corrected chi connectivity index (χ3v) is 6.73. The number of aryl methyl sites for hydroxylation is 2. The highest BCUT2D eigenvalue weighted by molar-refractivity contribution is 6.32. The van der Waals surface area contributed by atoms with E-state index < -0.39 is 12.3 Å². The second kappa shape index (κ2) is 8.55. The summed E-state index contributed by atoms with van der Waals surface area (Å²) in [6.07, 6.45) is 0.665. The van der Waals surface area contributed by atoms with Gasteiger partial charge in [0.2, 0.25) is 5.95 Å². The van der Waals surface area contributed by atoms with E-state index in [9.17, 15) is 5.11 Å². The average Bonchev–Trinajstić information content (AvgIpc) is 3.32. The number of nitrogens with zero attached hydrogens (tertiary/aromatic N) is 5. The van der Waals surface area contributed by atoms with Crippen molar-refractivity contribution in [1.82, 2.24) is 24.6 Å². The normalized spacial score (nSPS) is 26.7. The Morgan fingerprint density at radius 3 is 2.81 bits per heavy atom. The first-order chi connectivity index (χ1) is 15.4. The molecule has 8 nitrogen and oxygen atoms in total. The Bertz CT molecular complexity index is 1140. The van der Waals surface area contributed by atoms with Crippen molar-refractivity contribution < 1.29 is 14.2 Å². The van der Waals surface area contributed by atoms with Gasteiger partial charge in [0.25, 0.3) is 0 Å². The van der Waals surface area contributed by atoms with Crippen LogP contribution in [0.1, 0.15) is 23.6 Å². The molecule has 0 aliphatic carbocycles. The Morgan fingerprint density at radius 1 is 1.28 bits per heavy atom. The lowest BCUT2D eigenvalue weighted by molar-refractivity contribution is 0.0353. The summed E-state index contributed by atoms with van der Waals surface area (Å²) in [5.41, 5.74) is 2.35. The van der Waals surface area contributed by atoms with Crippen molar-refractivity contribution in [2.45, 2.75) is 37.6 Å². The highest BCUT2D eigenvalue weighted by Crippen LogP contribution is 2.37. The molecule has 5 rings (SSSR count). The van der Waals surface area contributed by atoms with Gasteiger partial charge >= 0.3 is 0 Å². The number of hydrogen-bond donors (Lipinski definition) is 2. The minimum Gasteiger partial charge on any atom is -0.389 e. The summed E-state index contributed by atoms with van der Waals surface area (Å²) in [4.78, 5) is 11.0. The monoisotopic (exact) mass is 460 g/mol. The topological polar surface area (TPSA) is 88.3 Å². The molecule has 32 heavy (non-hydrogen) atoms. The van der Waals surface area contributed by atoms with E-state index in [1.54, 1.807) is 16.9 Å². The number of aliphatic hydroxyl groups is 1. The quantitative estimate of drug-likeness (QED) is 0.618. The van der Waals surface area contributed by atoms with Gasteiger partial charge in [-0.3, -0.25) is 9.58 Å². The summed E-state index contributed by atoms with van der Waals surface area (Å²) in [5.74, 6) is 0.898. The molecule has 10 heteroatoms. The van der Waals surface area contributed by atoms with Gasteiger partial charge in [0.1, 0.15) is 12.0 Å². The summed E-state index contributed by atoms with van der Waals surface area (Å²) >= 11 is 6.56. The molecule has 0 bridgehead atoms. The van der Waals surface area contributed by atoms with E-state index >= 15 is 4.39 Å². The molecule has 2 N–H and O–H groups in total. The Kier molecular flexibility index (Phi) is 5.75. The Hall–Kier alpha value is -2.33. The molecule has 2 aliphatic rings. The number of benzene rings is 1. The third kappa shape index (κ3) is 4.05. The highest BCUT2D eigenvalue weighted by Gasteiger charge is 2.39. The van der Waals surface area contributed by atoms with Gasteiger partial charge in [-0.1, -0.05) is 11.6 Å². The number of halogens is 2. The van der Waals surface area contributed by atoms with Crippen LogP contribution >= 0.6 is 11.6 Å². The van der Waals surface area contributed by atoms with Crippen molar-refractivity contribution >= 4 is 34.3 Å². The molecule has 2 saturated heterocycles. The second-order valence-corrected chi connectivity index (χ2v) is 9.03. The number of fused-ring (bicyclic) bond motifs is 1. The van der Waals surface area contributed by atoms with Crippen LogP contribution in [-0.4, -0.2) is 74.4 Å². The molecule has 4 unspecified atom stereocenters. The Balaban J connectivity index is 1.39. The number of aliphatic hydroxyl groups excluding tert-OH is 1. The number of aromatic nitrogens is 4. The molecule has 1 aromatic carbocycles.